The molecule has 1 aliphatic rings. The Hall–Kier alpha value is -1.84. The number of carbonyl (C=O) groups is 2. The molecule has 1 heterocycles. The van der Waals surface area contributed by atoms with Crippen LogP contribution in [0.2, 0.25) is 0 Å². The lowest BCUT2D eigenvalue weighted by Crippen LogP contribution is -2.49. The van der Waals surface area contributed by atoms with Crippen molar-refractivity contribution >= 4 is 11.8 Å². The van der Waals surface area contributed by atoms with Crippen molar-refractivity contribution in [3.63, 3.8) is 0 Å². The summed E-state index contributed by atoms with van der Waals surface area (Å²) in [6.07, 6.45) is -0.524. The van der Waals surface area contributed by atoms with Crippen LogP contribution in [0.15, 0.2) is 24.3 Å². The molecule has 4 nitrogen and oxygen atoms in total. The lowest BCUT2D eigenvalue weighted by Gasteiger charge is -2.40. The topological polar surface area (TPSA) is 52.6 Å². The zero-order chi connectivity index (χ0) is 15.8. The summed E-state index contributed by atoms with van der Waals surface area (Å²) < 4.78 is 10.7. The first-order valence-electron chi connectivity index (χ1n) is 7.18. The fraction of sp³-hybridized carbons (Fsp3) is 0.529. The van der Waals surface area contributed by atoms with Crippen LogP contribution in [0.25, 0.3) is 0 Å². The standard InChI is InChI=1S/C17H22O4/c1-10(2)13-14(11-6-8-12(20-5)9-7-11)21-16(19)17(3,4)15(13)18/h6-10,13-14H,1-5H3/t13-,14-/m1/s1. The highest BCUT2D eigenvalue weighted by Crippen LogP contribution is 2.43. The molecule has 2 rings (SSSR count). The van der Waals surface area contributed by atoms with E-state index in [4.69, 9.17) is 9.47 Å². The average Bonchev–Trinajstić information content (AvgIpc) is 2.44. The Labute approximate surface area is 125 Å². The summed E-state index contributed by atoms with van der Waals surface area (Å²) in [5.41, 5.74) is -0.246. The number of carbonyl (C=O) groups excluding carboxylic acids is 2. The maximum atomic E-state index is 12.7. The second kappa shape index (κ2) is 5.51. The van der Waals surface area contributed by atoms with Crippen molar-refractivity contribution in [2.24, 2.45) is 17.3 Å². The largest absolute Gasteiger partial charge is 0.497 e. The normalized spacial score (nSPS) is 24.9. The molecule has 114 valence electrons. The van der Waals surface area contributed by atoms with Crippen molar-refractivity contribution in [1.82, 2.24) is 0 Å². The maximum absolute atomic E-state index is 12.7. The minimum Gasteiger partial charge on any atom is -0.497 e. The van der Waals surface area contributed by atoms with Gasteiger partial charge in [0.15, 0.2) is 5.78 Å². The number of benzene rings is 1. The summed E-state index contributed by atoms with van der Waals surface area (Å²) in [5.74, 6) is -0.00324. The lowest BCUT2D eigenvalue weighted by molar-refractivity contribution is -0.181. The number of esters is 1. The van der Waals surface area contributed by atoms with E-state index < -0.39 is 17.5 Å². The van der Waals surface area contributed by atoms with Gasteiger partial charge in [0.05, 0.1) is 13.0 Å². The predicted octanol–water partition coefficient (Wildman–Crippen LogP) is 3.16. The van der Waals surface area contributed by atoms with Crippen LogP contribution in [0.3, 0.4) is 0 Å². The summed E-state index contributed by atoms with van der Waals surface area (Å²) in [5, 5.41) is 0. The molecular formula is C17H22O4. The Kier molecular flexibility index (Phi) is 4.08. The molecule has 0 spiro atoms. The van der Waals surface area contributed by atoms with Crippen molar-refractivity contribution < 1.29 is 19.1 Å². The first-order valence-corrected chi connectivity index (χ1v) is 7.18. The SMILES string of the molecule is COc1ccc([C@H]2OC(=O)C(C)(C)C(=O)[C@@H]2C(C)C)cc1. The van der Waals surface area contributed by atoms with Gasteiger partial charge in [-0.25, -0.2) is 0 Å². The summed E-state index contributed by atoms with van der Waals surface area (Å²) in [7, 11) is 1.60. The van der Waals surface area contributed by atoms with Gasteiger partial charge in [-0.1, -0.05) is 26.0 Å². The molecule has 1 aliphatic heterocycles. The molecular weight excluding hydrogens is 268 g/mol. The molecule has 1 aromatic carbocycles. The number of cyclic esters (lactones) is 1. The number of Topliss-reactive ketones (excluding diaryl/α,β-unsaturated/α-hetero) is 1. The molecule has 1 fully saturated rings. The highest BCUT2D eigenvalue weighted by Gasteiger charge is 2.51. The van der Waals surface area contributed by atoms with Crippen molar-refractivity contribution in [2.75, 3.05) is 7.11 Å². The van der Waals surface area contributed by atoms with Gasteiger partial charge in [-0.05, 0) is 37.5 Å². The molecule has 0 N–H and O–H groups in total. The van der Waals surface area contributed by atoms with Crippen LogP contribution < -0.4 is 4.74 Å². The van der Waals surface area contributed by atoms with Crippen LogP contribution in [0.4, 0.5) is 0 Å². The number of ketones is 1. The fourth-order valence-electron chi connectivity index (χ4n) is 2.71. The molecule has 0 saturated carbocycles. The summed E-state index contributed by atoms with van der Waals surface area (Å²) in [6.45, 7) is 7.23. The van der Waals surface area contributed by atoms with Crippen LogP contribution in [0, 0.1) is 17.3 Å². The van der Waals surface area contributed by atoms with E-state index in [0.29, 0.717) is 0 Å². The van der Waals surface area contributed by atoms with Gasteiger partial charge in [0.1, 0.15) is 17.3 Å². The Morgan fingerprint density at radius 3 is 2.19 bits per heavy atom. The lowest BCUT2D eigenvalue weighted by atomic mass is 9.71. The third kappa shape index (κ3) is 2.67. The maximum Gasteiger partial charge on any atom is 0.319 e. The van der Waals surface area contributed by atoms with Crippen LogP contribution in [0.1, 0.15) is 39.4 Å². The Bertz CT molecular complexity index is 542. The van der Waals surface area contributed by atoms with Crippen LogP contribution in [-0.2, 0) is 14.3 Å². The summed E-state index contributed by atoms with van der Waals surface area (Å²) in [6, 6.07) is 7.31. The van der Waals surface area contributed by atoms with E-state index in [9.17, 15) is 9.59 Å². The molecule has 0 radical (unpaired) electrons. The highest BCUT2D eigenvalue weighted by molar-refractivity contribution is 6.06. The second-order valence-corrected chi connectivity index (χ2v) is 6.36. The smallest absolute Gasteiger partial charge is 0.319 e. The molecule has 0 amide bonds. The molecule has 2 atom stereocenters. The molecule has 0 bridgehead atoms. The van der Waals surface area contributed by atoms with Gasteiger partial charge >= 0.3 is 5.97 Å². The Balaban J connectivity index is 2.40. The van der Waals surface area contributed by atoms with E-state index in [1.54, 1.807) is 21.0 Å². The number of hydrogen-bond acceptors (Lipinski definition) is 4. The number of methoxy groups -OCH3 is 1. The first kappa shape index (κ1) is 15.5. The van der Waals surface area contributed by atoms with E-state index in [0.717, 1.165) is 11.3 Å². The van der Waals surface area contributed by atoms with E-state index in [-0.39, 0.29) is 17.6 Å². The van der Waals surface area contributed by atoms with Gasteiger partial charge < -0.3 is 9.47 Å². The van der Waals surface area contributed by atoms with Crippen LogP contribution in [-0.4, -0.2) is 18.9 Å². The van der Waals surface area contributed by atoms with Crippen molar-refractivity contribution in [1.29, 1.82) is 0 Å². The first-order chi connectivity index (χ1) is 9.78. The minimum absolute atomic E-state index is 0.0467. The molecule has 0 unspecified atom stereocenters. The third-order valence-corrected chi connectivity index (χ3v) is 4.15. The van der Waals surface area contributed by atoms with E-state index >= 15 is 0 Å². The van der Waals surface area contributed by atoms with E-state index in [1.165, 1.54) is 0 Å². The second-order valence-electron chi connectivity index (χ2n) is 6.36. The minimum atomic E-state index is -1.07. The molecule has 0 aliphatic carbocycles. The van der Waals surface area contributed by atoms with E-state index in [2.05, 4.69) is 0 Å². The Morgan fingerprint density at radius 1 is 1.14 bits per heavy atom. The van der Waals surface area contributed by atoms with Crippen molar-refractivity contribution in [2.45, 2.75) is 33.8 Å². The monoisotopic (exact) mass is 290 g/mol. The third-order valence-electron chi connectivity index (χ3n) is 4.15. The van der Waals surface area contributed by atoms with Gasteiger partial charge in [0.2, 0.25) is 0 Å². The van der Waals surface area contributed by atoms with Gasteiger partial charge in [0, 0.05) is 0 Å². The average molecular weight is 290 g/mol. The van der Waals surface area contributed by atoms with Crippen LogP contribution >= 0.6 is 0 Å². The van der Waals surface area contributed by atoms with Gasteiger partial charge in [-0.3, -0.25) is 9.59 Å². The van der Waals surface area contributed by atoms with Crippen molar-refractivity contribution in [3.05, 3.63) is 29.8 Å². The van der Waals surface area contributed by atoms with E-state index in [1.807, 2.05) is 38.1 Å². The number of hydrogen-bond donors (Lipinski definition) is 0. The zero-order valence-corrected chi connectivity index (χ0v) is 13.2. The molecule has 4 heteroatoms. The molecule has 1 aromatic rings. The van der Waals surface area contributed by atoms with Gasteiger partial charge in [-0.2, -0.15) is 0 Å². The Morgan fingerprint density at radius 2 is 1.71 bits per heavy atom. The van der Waals surface area contributed by atoms with Crippen LogP contribution in [0.5, 0.6) is 5.75 Å². The summed E-state index contributed by atoms with van der Waals surface area (Å²) >= 11 is 0. The highest BCUT2D eigenvalue weighted by atomic mass is 16.5. The van der Waals surface area contributed by atoms with Crippen molar-refractivity contribution in [3.8, 4) is 5.75 Å². The molecule has 0 aromatic heterocycles. The molecule has 21 heavy (non-hydrogen) atoms. The number of ether oxygens (including phenoxy) is 2. The zero-order valence-electron chi connectivity index (χ0n) is 13.2. The van der Waals surface area contributed by atoms with Gasteiger partial charge in [0.25, 0.3) is 0 Å². The predicted molar refractivity (Wildman–Crippen MR) is 78.9 cm³/mol. The summed E-state index contributed by atoms with van der Waals surface area (Å²) in [4.78, 5) is 24.8. The number of rotatable bonds is 3. The molecule has 1 saturated heterocycles. The van der Waals surface area contributed by atoms with Gasteiger partial charge in [-0.15, -0.1) is 0 Å². The fourth-order valence-corrected chi connectivity index (χ4v) is 2.71. The quantitative estimate of drug-likeness (QED) is 0.634.